The van der Waals surface area contributed by atoms with Crippen LogP contribution in [0.3, 0.4) is 0 Å². The normalized spacial score (nSPS) is 4.29. The average Bonchev–Trinajstić information content (AvgIpc) is 1.41. The monoisotopic (exact) mass is 133 g/mol. The molecule has 5 nitrogen and oxygen atoms in total. The third-order valence-corrected chi connectivity index (χ3v) is 0. The van der Waals surface area contributed by atoms with Crippen LogP contribution >= 0.6 is 0 Å². The zero-order valence-corrected chi connectivity index (χ0v) is 7.24. The van der Waals surface area contributed by atoms with Gasteiger partial charge >= 0.3 is 51.4 Å². The Morgan fingerprint density at radius 1 is 1.43 bits per heavy atom. The van der Waals surface area contributed by atoms with Crippen LogP contribution in [0.2, 0.25) is 0 Å². The van der Waals surface area contributed by atoms with Crippen molar-refractivity contribution in [2.45, 2.75) is 0 Å². The van der Waals surface area contributed by atoms with E-state index >= 15 is 0 Å². The van der Waals surface area contributed by atoms with Gasteiger partial charge in [-0.25, -0.2) is 0 Å². The van der Waals surface area contributed by atoms with E-state index in [1.807, 2.05) is 0 Å². The molecule has 0 aliphatic heterocycles. The summed E-state index contributed by atoms with van der Waals surface area (Å²) in [5, 5.41) is 21.8. The summed E-state index contributed by atoms with van der Waals surface area (Å²) in [6.45, 7) is 0. The fraction of sp³-hybridized carbons (Fsp3) is 1.00. The zero-order valence-electron chi connectivity index (χ0n) is 4.12. The molecule has 0 aromatic heterocycles. The summed E-state index contributed by atoms with van der Waals surface area (Å²) in [5.74, 6) is 0. The van der Waals surface area contributed by atoms with E-state index in [1.165, 1.54) is 0 Å². The van der Waals surface area contributed by atoms with Gasteiger partial charge in [-0.1, -0.05) is 0 Å². The first-order chi connectivity index (χ1) is 2.73. The number of nitrogens with zero attached hydrogens (tertiary/aromatic N) is 1. The minimum Gasteiger partial charge on any atom is -0.400 e. The van der Waals surface area contributed by atoms with Crippen LogP contribution in [0.15, 0.2) is 0 Å². The quantitative estimate of drug-likeness (QED) is 0.210. The van der Waals surface area contributed by atoms with Crippen molar-refractivity contribution >= 4 is 0 Å². The van der Waals surface area contributed by atoms with Gasteiger partial charge in [0, 0.05) is 7.11 Å². The third-order valence-electron chi connectivity index (χ3n) is 0. The number of aliphatic hydroxyl groups is 1. The van der Waals surface area contributed by atoms with E-state index in [0.717, 1.165) is 7.11 Å². The Labute approximate surface area is 82.9 Å². The molecule has 6 heteroatoms. The van der Waals surface area contributed by atoms with Crippen molar-refractivity contribution in [2.75, 3.05) is 7.11 Å². The molecule has 38 valence electrons. The van der Waals surface area contributed by atoms with E-state index < -0.39 is 5.09 Å². The van der Waals surface area contributed by atoms with Gasteiger partial charge in [0.25, 0.3) is 0 Å². The summed E-state index contributed by atoms with van der Waals surface area (Å²) >= 11 is 0. The molecule has 0 rings (SSSR count). The second kappa shape index (κ2) is 15.8. The van der Waals surface area contributed by atoms with Crippen molar-refractivity contribution in [3.05, 3.63) is 15.3 Å². The van der Waals surface area contributed by atoms with Gasteiger partial charge in [-0.15, -0.1) is 0 Å². The van der Waals surface area contributed by atoms with Crippen LogP contribution in [-0.4, -0.2) is 17.3 Å². The fourth-order valence-corrected chi connectivity index (χ4v) is 0. The molecular formula is CH4KNO4. The minimum atomic E-state index is -1.75. The molecule has 0 aromatic rings. The molecule has 0 aliphatic carbocycles. The van der Waals surface area contributed by atoms with Crippen LogP contribution in [0.4, 0.5) is 0 Å². The van der Waals surface area contributed by atoms with Crippen molar-refractivity contribution in [1.29, 1.82) is 0 Å². The summed E-state index contributed by atoms with van der Waals surface area (Å²) < 4.78 is 0. The van der Waals surface area contributed by atoms with Crippen molar-refractivity contribution in [2.24, 2.45) is 0 Å². The first-order valence-corrected chi connectivity index (χ1v) is 0.995. The molecular weight excluding hydrogens is 129 g/mol. The second-order valence-corrected chi connectivity index (χ2v) is 0.224. The van der Waals surface area contributed by atoms with E-state index in [2.05, 4.69) is 0 Å². The Morgan fingerprint density at radius 2 is 1.43 bits per heavy atom. The molecule has 0 radical (unpaired) electrons. The maximum absolute atomic E-state index is 8.25. The van der Waals surface area contributed by atoms with E-state index in [0.29, 0.717) is 0 Å². The molecule has 0 spiro atoms. The molecule has 0 atom stereocenters. The van der Waals surface area contributed by atoms with Crippen molar-refractivity contribution in [1.82, 2.24) is 0 Å². The number of rotatable bonds is 0. The van der Waals surface area contributed by atoms with Gasteiger partial charge < -0.3 is 20.4 Å². The molecule has 7 heavy (non-hydrogen) atoms. The van der Waals surface area contributed by atoms with Crippen molar-refractivity contribution in [3.8, 4) is 0 Å². The third kappa shape index (κ3) is 247. The number of hydrogen-bond donors (Lipinski definition) is 1. The molecule has 0 aromatic carbocycles. The Balaban J connectivity index is -0.0000000480. The number of aliphatic hydroxyl groups excluding tert-OH is 1. The molecule has 1 N–H and O–H groups in total. The molecule has 0 saturated heterocycles. The first kappa shape index (κ1) is 15.7. The van der Waals surface area contributed by atoms with E-state index in [-0.39, 0.29) is 51.4 Å². The predicted molar refractivity (Wildman–Crippen MR) is 18.5 cm³/mol. The molecule has 0 saturated carbocycles. The topological polar surface area (TPSA) is 86.4 Å². The average molecular weight is 133 g/mol. The molecule has 0 amide bonds. The maximum Gasteiger partial charge on any atom is 1.00 e. The van der Waals surface area contributed by atoms with E-state index in [9.17, 15) is 0 Å². The van der Waals surface area contributed by atoms with Crippen LogP contribution in [0, 0.1) is 15.3 Å². The Hall–Kier alpha value is 0.796. The largest absolute Gasteiger partial charge is 1.00 e. The summed E-state index contributed by atoms with van der Waals surface area (Å²) in [6, 6.07) is 0. The Kier molecular flexibility index (Phi) is 35.4. The fourth-order valence-electron chi connectivity index (χ4n) is 0. The van der Waals surface area contributed by atoms with Crippen LogP contribution in [-0.2, 0) is 0 Å². The van der Waals surface area contributed by atoms with Gasteiger partial charge in [-0.3, -0.25) is 0 Å². The van der Waals surface area contributed by atoms with Crippen LogP contribution in [0.25, 0.3) is 0 Å². The molecule has 0 heterocycles. The Bertz CT molecular complexity index is 34.7. The summed E-state index contributed by atoms with van der Waals surface area (Å²) in [4.78, 5) is 8.25. The molecule has 0 bridgehead atoms. The smallest absolute Gasteiger partial charge is 0.400 e. The molecule has 0 aliphatic rings. The van der Waals surface area contributed by atoms with Gasteiger partial charge in [-0.05, 0) is 0 Å². The summed E-state index contributed by atoms with van der Waals surface area (Å²) in [5.41, 5.74) is 0. The molecule has 0 fully saturated rings. The SMILES string of the molecule is CO.O=[N+]([O-])[O-].[K+]. The predicted octanol–water partition coefficient (Wildman–Crippen LogP) is -3.63. The van der Waals surface area contributed by atoms with Gasteiger partial charge in [0.05, 0.1) is 5.09 Å². The summed E-state index contributed by atoms with van der Waals surface area (Å²) in [7, 11) is 1.00. The van der Waals surface area contributed by atoms with Crippen LogP contribution < -0.4 is 51.4 Å². The summed E-state index contributed by atoms with van der Waals surface area (Å²) in [6.07, 6.45) is 0. The van der Waals surface area contributed by atoms with Gasteiger partial charge in [-0.2, -0.15) is 0 Å². The zero-order chi connectivity index (χ0) is 5.58. The van der Waals surface area contributed by atoms with E-state index in [4.69, 9.17) is 20.4 Å². The van der Waals surface area contributed by atoms with Crippen molar-refractivity contribution < 1.29 is 61.6 Å². The molecule has 0 unspecified atom stereocenters. The van der Waals surface area contributed by atoms with E-state index in [1.54, 1.807) is 0 Å². The van der Waals surface area contributed by atoms with Gasteiger partial charge in [0.2, 0.25) is 0 Å². The Morgan fingerprint density at radius 3 is 1.43 bits per heavy atom. The van der Waals surface area contributed by atoms with Crippen LogP contribution in [0.5, 0.6) is 0 Å². The van der Waals surface area contributed by atoms with Crippen LogP contribution in [0.1, 0.15) is 0 Å². The minimum absolute atomic E-state index is 0. The van der Waals surface area contributed by atoms with Crippen molar-refractivity contribution in [3.63, 3.8) is 0 Å². The standard InChI is InChI=1S/CH4O.K.NO3/c1-2;;2-1(3)4/h2H,1H3;;/q;+1;-1. The first-order valence-electron chi connectivity index (χ1n) is 0.995. The van der Waals surface area contributed by atoms with Gasteiger partial charge in [0.1, 0.15) is 0 Å². The second-order valence-electron chi connectivity index (χ2n) is 0.224. The maximum atomic E-state index is 8.25. The van der Waals surface area contributed by atoms with Gasteiger partial charge in [0.15, 0.2) is 0 Å². The number of hydrogen-bond acceptors (Lipinski definition) is 4.